The van der Waals surface area contributed by atoms with E-state index >= 15 is 0 Å². The van der Waals surface area contributed by atoms with Crippen LogP contribution < -0.4 is 4.74 Å². The second-order valence-electron chi connectivity index (χ2n) is 8.56. The summed E-state index contributed by atoms with van der Waals surface area (Å²) < 4.78 is 35.0. The Balaban J connectivity index is 1.71. The third-order valence-corrected chi connectivity index (χ3v) is 7.76. The molecule has 0 saturated heterocycles. The summed E-state index contributed by atoms with van der Waals surface area (Å²) in [5.74, 6) is 0.445. The van der Waals surface area contributed by atoms with Crippen LogP contribution in [0.4, 0.5) is 0 Å². The number of hydrogen-bond acceptors (Lipinski definition) is 5. The average Bonchev–Trinajstić information content (AvgIpc) is 3.33. The third kappa shape index (κ3) is 5.53. The lowest BCUT2D eigenvalue weighted by Gasteiger charge is -2.25. The third-order valence-electron chi connectivity index (χ3n) is 6.10. The number of ether oxygens (including phenoxy) is 1. The van der Waals surface area contributed by atoms with Crippen LogP contribution in [0.15, 0.2) is 66.1 Å². The summed E-state index contributed by atoms with van der Waals surface area (Å²) in [6.07, 6.45) is 10.0. The number of aromatic nitrogens is 2. The fourth-order valence-electron chi connectivity index (χ4n) is 4.38. The maximum absolute atomic E-state index is 13.3. The monoisotopic (exact) mass is 466 g/mol. The van der Waals surface area contributed by atoms with E-state index in [4.69, 9.17) is 4.74 Å². The molecule has 1 heterocycles. The largest absolute Gasteiger partial charge is 0.488 e. The van der Waals surface area contributed by atoms with Crippen molar-refractivity contribution < 1.29 is 17.9 Å². The van der Waals surface area contributed by atoms with Crippen molar-refractivity contribution in [2.45, 2.75) is 68.7 Å². The number of hydrogen-bond donors (Lipinski definition) is 0. The Hall–Kier alpha value is -2.93. The van der Waals surface area contributed by atoms with Crippen LogP contribution in [0.2, 0.25) is 0 Å². The predicted molar refractivity (Wildman–Crippen MR) is 127 cm³/mol. The van der Waals surface area contributed by atoms with Gasteiger partial charge in [-0.2, -0.15) is 0 Å². The van der Waals surface area contributed by atoms with Crippen molar-refractivity contribution in [2.24, 2.45) is 0 Å². The topological polar surface area (TPSA) is 78.3 Å². The summed E-state index contributed by atoms with van der Waals surface area (Å²) in [7, 11) is -3.60. The van der Waals surface area contributed by atoms with Crippen LogP contribution in [0.3, 0.4) is 0 Å². The van der Waals surface area contributed by atoms with Crippen molar-refractivity contribution in [3.63, 3.8) is 0 Å². The molecule has 174 valence electrons. The number of unbranched alkanes of at least 4 members (excludes halogenated alkanes) is 1. The van der Waals surface area contributed by atoms with E-state index < -0.39 is 9.84 Å². The van der Waals surface area contributed by atoms with Gasteiger partial charge in [0.2, 0.25) is 0 Å². The molecule has 0 bridgehead atoms. The van der Waals surface area contributed by atoms with Gasteiger partial charge in [0.05, 0.1) is 23.5 Å². The standard InChI is InChI=1S/C26H30N2O4S/c1-2-3-8-20(17-28-16-15-27-19-28)32-26-14-13-23-22(11-7-12-25(23)29)24(26)18-33(30,31)21-9-5-4-6-10-21/h4-6,9-10,13-16,19-20H,2-3,7-8,11-12,17-18H2,1H3. The molecule has 0 saturated carbocycles. The predicted octanol–water partition coefficient (Wildman–Crippen LogP) is 5.01. The molecule has 1 atom stereocenters. The summed E-state index contributed by atoms with van der Waals surface area (Å²) >= 11 is 0. The highest BCUT2D eigenvalue weighted by atomic mass is 32.2. The van der Waals surface area contributed by atoms with Crippen LogP contribution in [-0.4, -0.2) is 29.9 Å². The van der Waals surface area contributed by atoms with Crippen molar-refractivity contribution in [3.05, 3.63) is 77.9 Å². The molecule has 33 heavy (non-hydrogen) atoms. The Kier molecular flexibility index (Phi) is 7.28. The van der Waals surface area contributed by atoms with Crippen molar-refractivity contribution >= 4 is 15.6 Å². The molecule has 6 nitrogen and oxygen atoms in total. The molecule has 0 radical (unpaired) electrons. The molecular formula is C26H30N2O4S. The van der Waals surface area contributed by atoms with Gasteiger partial charge in [-0.25, -0.2) is 13.4 Å². The summed E-state index contributed by atoms with van der Waals surface area (Å²) in [5, 5.41) is 0. The number of sulfone groups is 1. The Labute approximate surface area is 195 Å². The summed E-state index contributed by atoms with van der Waals surface area (Å²) in [6, 6.07) is 12.0. The van der Waals surface area contributed by atoms with Crippen molar-refractivity contribution in [1.82, 2.24) is 9.55 Å². The Morgan fingerprint density at radius 1 is 1.12 bits per heavy atom. The van der Waals surface area contributed by atoms with Crippen LogP contribution in [0.1, 0.15) is 60.5 Å². The fraction of sp³-hybridized carbons (Fsp3) is 0.385. The molecule has 1 aromatic heterocycles. The van der Waals surface area contributed by atoms with Gasteiger partial charge < -0.3 is 9.30 Å². The van der Waals surface area contributed by atoms with Crippen molar-refractivity contribution in [2.75, 3.05) is 0 Å². The van der Waals surface area contributed by atoms with Gasteiger partial charge in [0.15, 0.2) is 15.6 Å². The van der Waals surface area contributed by atoms with Crippen LogP contribution in [0.5, 0.6) is 5.75 Å². The SMILES string of the molecule is CCCCC(Cn1ccnc1)Oc1ccc2c(c1CS(=O)(=O)c1ccccc1)CCCC2=O. The molecule has 7 heteroatoms. The van der Waals surface area contributed by atoms with Gasteiger partial charge in [0.25, 0.3) is 0 Å². The van der Waals surface area contributed by atoms with E-state index in [1.807, 2.05) is 10.8 Å². The van der Waals surface area contributed by atoms with E-state index in [1.165, 1.54) is 0 Å². The zero-order chi connectivity index (χ0) is 23.3. The van der Waals surface area contributed by atoms with Gasteiger partial charge in [0, 0.05) is 29.9 Å². The highest BCUT2D eigenvalue weighted by Crippen LogP contribution is 2.35. The lowest BCUT2D eigenvalue weighted by Crippen LogP contribution is -2.24. The van der Waals surface area contributed by atoms with Crippen LogP contribution >= 0.6 is 0 Å². The first-order valence-corrected chi connectivity index (χ1v) is 13.2. The second-order valence-corrected chi connectivity index (χ2v) is 10.5. The van der Waals surface area contributed by atoms with Crippen molar-refractivity contribution in [3.8, 4) is 5.75 Å². The van der Waals surface area contributed by atoms with Gasteiger partial charge in [0.1, 0.15) is 11.9 Å². The van der Waals surface area contributed by atoms with E-state index in [9.17, 15) is 13.2 Å². The van der Waals surface area contributed by atoms with Crippen LogP contribution in [0.25, 0.3) is 0 Å². The smallest absolute Gasteiger partial charge is 0.182 e. The van der Waals surface area contributed by atoms with E-state index in [0.717, 1.165) is 31.2 Å². The first-order chi connectivity index (χ1) is 16.0. The molecule has 3 aromatic rings. The number of benzene rings is 2. The summed E-state index contributed by atoms with van der Waals surface area (Å²) in [5.41, 5.74) is 2.07. The Morgan fingerprint density at radius 2 is 1.94 bits per heavy atom. The number of Topliss-reactive ketones (excluding diaryl/α,β-unsaturated/α-hetero) is 1. The highest BCUT2D eigenvalue weighted by molar-refractivity contribution is 7.90. The highest BCUT2D eigenvalue weighted by Gasteiger charge is 2.27. The minimum Gasteiger partial charge on any atom is -0.488 e. The Bertz CT molecular complexity index is 1190. The lowest BCUT2D eigenvalue weighted by atomic mass is 9.87. The number of fused-ring (bicyclic) bond motifs is 1. The molecule has 0 amide bonds. The number of carbonyl (C=O) groups is 1. The molecule has 0 N–H and O–H groups in total. The summed E-state index contributed by atoms with van der Waals surface area (Å²) in [6.45, 7) is 2.76. The molecule has 0 aliphatic heterocycles. The van der Waals surface area contributed by atoms with Gasteiger partial charge in [-0.15, -0.1) is 0 Å². The molecule has 1 unspecified atom stereocenters. The van der Waals surface area contributed by atoms with Gasteiger partial charge >= 0.3 is 0 Å². The molecule has 0 fully saturated rings. The average molecular weight is 467 g/mol. The minimum atomic E-state index is -3.60. The van der Waals surface area contributed by atoms with Crippen molar-refractivity contribution in [1.29, 1.82) is 0 Å². The van der Waals surface area contributed by atoms with Crippen LogP contribution in [-0.2, 0) is 28.6 Å². The fourth-order valence-corrected chi connectivity index (χ4v) is 5.81. The van der Waals surface area contributed by atoms with E-state index in [2.05, 4.69) is 11.9 Å². The maximum atomic E-state index is 13.3. The number of rotatable bonds is 10. The molecule has 2 aromatic carbocycles. The first-order valence-electron chi connectivity index (χ1n) is 11.6. The van der Waals surface area contributed by atoms with Crippen LogP contribution in [0, 0.1) is 0 Å². The zero-order valence-electron chi connectivity index (χ0n) is 18.9. The lowest BCUT2D eigenvalue weighted by molar-refractivity contribution is 0.0972. The summed E-state index contributed by atoms with van der Waals surface area (Å²) in [4.78, 5) is 17.0. The van der Waals surface area contributed by atoms with Gasteiger partial charge in [-0.3, -0.25) is 4.79 Å². The molecule has 4 rings (SSSR count). The molecule has 1 aliphatic carbocycles. The normalized spacial score (nSPS) is 14.6. The van der Waals surface area contributed by atoms with Gasteiger partial charge in [-0.1, -0.05) is 31.5 Å². The number of carbonyl (C=O) groups excluding carboxylic acids is 1. The molecule has 1 aliphatic rings. The second kappa shape index (κ2) is 10.3. The minimum absolute atomic E-state index is 0.0714. The molecular weight excluding hydrogens is 436 g/mol. The van der Waals surface area contributed by atoms with E-state index in [1.54, 1.807) is 55.0 Å². The number of nitrogens with zero attached hydrogens (tertiary/aromatic N) is 2. The quantitative estimate of drug-likeness (QED) is 0.419. The Morgan fingerprint density at radius 3 is 2.67 bits per heavy atom. The maximum Gasteiger partial charge on any atom is 0.182 e. The van der Waals surface area contributed by atoms with Gasteiger partial charge in [-0.05, 0) is 55.5 Å². The zero-order valence-corrected chi connectivity index (χ0v) is 19.8. The molecule has 0 spiro atoms. The van der Waals surface area contributed by atoms with E-state index in [0.29, 0.717) is 36.3 Å². The number of ketones is 1. The first kappa shape index (κ1) is 23.2. The van der Waals surface area contributed by atoms with E-state index in [-0.39, 0.29) is 22.5 Å². The number of imidazole rings is 1.